The summed E-state index contributed by atoms with van der Waals surface area (Å²) in [5, 5.41) is 10.1. The number of rotatable bonds is 16. The van der Waals surface area contributed by atoms with Gasteiger partial charge in [-0.15, -0.1) is 0 Å². The van der Waals surface area contributed by atoms with Crippen LogP contribution in [0, 0.1) is 0 Å². The summed E-state index contributed by atoms with van der Waals surface area (Å²) in [6.07, 6.45) is 17.4. The van der Waals surface area contributed by atoms with Gasteiger partial charge >= 0.3 is 0 Å². The Labute approximate surface area is 532 Å². The van der Waals surface area contributed by atoms with E-state index in [9.17, 15) is 0 Å². The van der Waals surface area contributed by atoms with Crippen LogP contribution >= 0.6 is 0 Å². The fourth-order valence-corrected chi connectivity index (χ4v) is 14.0. The zero-order valence-electron chi connectivity index (χ0n) is 51.4. The molecule has 0 spiro atoms. The van der Waals surface area contributed by atoms with Crippen LogP contribution in [0.1, 0.15) is 49.9 Å². The van der Waals surface area contributed by atoms with Crippen LogP contribution in [0.4, 0.5) is 68.2 Å². The van der Waals surface area contributed by atoms with Crippen LogP contribution in [0.25, 0.3) is 75.9 Å². The number of benzene rings is 12. The van der Waals surface area contributed by atoms with E-state index in [2.05, 4.69) is 273 Å². The maximum absolute atomic E-state index is 5.17. The van der Waals surface area contributed by atoms with Gasteiger partial charge in [0.1, 0.15) is 25.3 Å². The highest BCUT2D eigenvalue weighted by Crippen LogP contribution is 2.57. The highest BCUT2D eigenvalue weighted by molar-refractivity contribution is 6.33. The second-order valence-corrected chi connectivity index (χ2v) is 23.1. The summed E-state index contributed by atoms with van der Waals surface area (Å²) in [6.45, 7) is 8.92. The molecule has 442 valence electrons. The van der Waals surface area contributed by atoms with Gasteiger partial charge in [0.05, 0.1) is 67.6 Å². The first-order chi connectivity index (χ1) is 45.5. The minimum absolute atomic E-state index is 0.748. The van der Waals surface area contributed by atoms with Crippen molar-refractivity contribution in [1.82, 2.24) is 39.9 Å². The largest absolute Gasteiger partial charge is 0.307 e. The third-order valence-electron chi connectivity index (χ3n) is 18.2. The molecule has 12 heteroatoms. The molecule has 4 heterocycles. The van der Waals surface area contributed by atoms with Gasteiger partial charge in [0.2, 0.25) is 0 Å². The molecule has 0 aliphatic heterocycles. The van der Waals surface area contributed by atoms with Gasteiger partial charge < -0.3 is 19.6 Å². The first kappa shape index (κ1) is 55.5. The van der Waals surface area contributed by atoms with Gasteiger partial charge in [0.25, 0.3) is 0 Å². The average Bonchev–Trinajstić information content (AvgIpc) is 0.699. The number of hydrogen-bond donors (Lipinski definition) is 0. The van der Waals surface area contributed by atoms with Gasteiger partial charge in [0, 0.05) is 101 Å². The van der Waals surface area contributed by atoms with E-state index >= 15 is 0 Å². The van der Waals surface area contributed by atoms with Crippen molar-refractivity contribution in [3.8, 4) is 0 Å². The van der Waals surface area contributed by atoms with Crippen molar-refractivity contribution >= 4 is 144 Å². The van der Waals surface area contributed by atoms with Crippen molar-refractivity contribution in [1.29, 1.82) is 0 Å². The van der Waals surface area contributed by atoms with Gasteiger partial charge in [-0.1, -0.05) is 173 Å². The summed E-state index contributed by atoms with van der Waals surface area (Å²) < 4.78 is 0. The molecule has 16 aromatic rings. The van der Waals surface area contributed by atoms with E-state index in [1.54, 1.807) is 25.3 Å². The molecule has 0 unspecified atom stereocenters. The van der Waals surface area contributed by atoms with Crippen molar-refractivity contribution in [3.63, 3.8) is 0 Å². The van der Waals surface area contributed by atoms with E-state index in [1.807, 2.05) is 24.8 Å². The second kappa shape index (κ2) is 23.3. The molecule has 0 fully saturated rings. The second-order valence-electron chi connectivity index (χ2n) is 23.1. The number of anilines is 12. The van der Waals surface area contributed by atoms with Crippen LogP contribution < -0.4 is 19.6 Å². The SMILES string of the molecule is CCc1ccc2cncnc2c1N(c1ccccc1)c1cc(N(c2ccccc2)c2c(CC)ccc3cncnc23)c2ccc3c(N(c4ccccc4)c4c(CC)ccc5cncnc45)cc(N(c4ccccc4)c4c(CC)ccc5cncnc45)c4ccc1c2c43. The van der Waals surface area contributed by atoms with Crippen molar-refractivity contribution in [2.24, 2.45) is 0 Å². The van der Waals surface area contributed by atoms with Crippen LogP contribution in [0.2, 0.25) is 0 Å². The number of para-hydroxylation sites is 4. The monoisotopic (exact) mass is 1190 g/mol. The van der Waals surface area contributed by atoms with Crippen LogP contribution in [0.3, 0.4) is 0 Å². The summed E-state index contributed by atoms with van der Waals surface area (Å²) in [6, 6.07) is 75.0. The topological polar surface area (TPSA) is 116 Å². The molecule has 0 atom stereocenters. The third-order valence-corrected chi connectivity index (χ3v) is 18.2. The Kier molecular flexibility index (Phi) is 14.1. The quantitative estimate of drug-likeness (QED) is 0.0858. The first-order valence-corrected chi connectivity index (χ1v) is 31.6. The Balaban J connectivity index is 1.16. The third kappa shape index (κ3) is 9.12. The van der Waals surface area contributed by atoms with E-state index in [0.29, 0.717) is 0 Å². The lowest BCUT2D eigenvalue weighted by atomic mass is 9.88. The molecule has 0 aliphatic rings. The molecule has 16 rings (SSSR count). The van der Waals surface area contributed by atoms with Crippen LogP contribution in [-0.4, -0.2) is 39.9 Å². The standard InChI is InChI=1S/C80H62N12/c1-5-51-29-33-55-43-81-47-85-73(55)77(51)89(59-21-13-9-14-22-59)67-41-68(90(60-23-15-10-16-24-60)78-52(6-2)30-34-56-44-82-48-86-74(56)78)64-39-40-66-70(92(62-27-19-12-20-28-62)80-54(8-4)32-36-58-46-84-50-88-76(58)80)42-69(65-38-37-63(67)71(64)72(65)66)91(61-25-17-11-18-26-61)79-53(7-3)31-35-57-45-83-49-87-75(57)79/h9-50H,5-8H2,1-4H3. The van der Waals surface area contributed by atoms with Gasteiger partial charge in [-0.25, -0.2) is 39.9 Å². The molecule has 0 amide bonds. The molecule has 0 radical (unpaired) electrons. The normalized spacial score (nSPS) is 11.7. The van der Waals surface area contributed by atoms with E-state index < -0.39 is 0 Å². The maximum atomic E-state index is 5.17. The molecule has 92 heavy (non-hydrogen) atoms. The van der Waals surface area contributed by atoms with Crippen molar-refractivity contribution in [3.05, 3.63) is 279 Å². The van der Waals surface area contributed by atoms with Gasteiger partial charge in [0.15, 0.2) is 0 Å². The molecule has 12 aromatic carbocycles. The Hall–Kier alpha value is -11.8. The fourth-order valence-electron chi connectivity index (χ4n) is 14.0. The molecule has 0 saturated carbocycles. The van der Waals surface area contributed by atoms with Crippen molar-refractivity contribution < 1.29 is 0 Å². The number of hydrogen-bond acceptors (Lipinski definition) is 12. The first-order valence-electron chi connectivity index (χ1n) is 31.6. The van der Waals surface area contributed by atoms with E-state index in [1.165, 1.54) is 0 Å². The Morgan fingerprint density at radius 2 is 0.489 bits per heavy atom. The lowest BCUT2D eigenvalue weighted by molar-refractivity contribution is 1.11. The Bertz CT molecular complexity index is 4770. The number of aryl methyl sites for hydroxylation is 4. The highest BCUT2D eigenvalue weighted by Gasteiger charge is 2.33. The molecule has 0 N–H and O–H groups in total. The molecule has 0 bridgehead atoms. The smallest absolute Gasteiger partial charge is 0.116 e. The van der Waals surface area contributed by atoms with Crippen LogP contribution in [-0.2, 0) is 25.7 Å². The van der Waals surface area contributed by atoms with E-state index in [4.69, 9.17) is 19.9 Å². The lowest BCUT2D eigenvalue weighted by Crippen LogP contribution is -2.18. The van der Waals surface area contributed by atoms with Gasteiger partial charge in [-0.05, 0) is 109 Å². The average molecular weight is 1190 g/mol. The predicted molar refractivity (Wildman–Crippen MR) is 379 cm³/mol. The molecule has 0 saturated heterocycles. The lowest BCUT2D eigenvalue weighted by Gasteiger charge is -2.36. The van der Waals surface area contributed by atoms with Crippen molar-refractivity contribution in [2.45, 2.75) is 53.4 Å². The Morgan fingerprint density at radius 3 is 0.707 bits per heavy atom. The summed E-state index contributed by atoms with van der Waals surface area (Å²) in [7, 11) is 0. The van der Waals surface area contributed by atoms with Gasteiger partial charge in [-0.2, -0.15) is 0 Å². The number of fused-ring (bicyclic) bond motifs is 4. The summed E-state index contributed by atoms with van der Waals surface area (Å²) >= 11 is 0. The molecule has 12 nitrogen and oxygen atoms in total. The zero-order valence-corrected chi connectivity index (χ0v) is 51.4. The molecule has 0 aliphatic carbocycles. The van der Waals surface area contributed by atoms with Crippen molar-refractivity contribution in [2.75, 3.05) is 19.6 Å². The summed E-state index contributed by atoms with van der Waals surface area (Å²) in [4.78, 5) is 48.9. The number of nitrogens with zero attached hydrogens (tertiary/aromatic N) is 12. The van der Waals surface area contributed by atoms with Gasteiger partial charge in [-0.3, -0.25) is 0 Å². The Morgan fingerprint density at radius 1 is 0.261 bits per heavy atom. The maximum Gasteiger partial charge on any atom is 0.116 e. The van der Waals surface area contributed by atoms with Crippen LogP contribution in [0.5, 0.6) is 0 Å². The molecular weight excluding hydrogens is 1130 g/mol. The fraction of sp³-hybridized carbons (Fsp3) is 0.100. The van der Waals surface area contributed by atoms with E-state index in [-0.39, 0.29) is 0 Å². The molecular formula is C80H62N12. The highest BCUT2D eigenvalue weighted by atomic mass is 15.2. The minimum Gasteiger partial charge on any atom is -0.307 e. The minimum atomic E-state index is 0.748. The zero-order chi connectivity index (χ0) is 61.8. The van der Waals surface area contributed by atoms with E-state index in [0.717, 1.165) is 192 Å². The predicted octanol–water partition coefficient (Wildman–Crippen LogP) is 20.5. The summed E-state index contributed by atoms with van der Waals surface area (Å²) in [5.41, 5.74) is 19.7. The molecule has 4 aromatic heterocycles. The number of aromatic nitrogens is 8. The van der Waals surface area contributed by atoms with Crippen LogP contribution in [0.15, 0.2) is 256 Å². The summed E-state index contributed by atoms with van der Waals surface area (Å²) in [5.74, 6) is 0.